The number of hydrogen-bond acceptors (Lipinski definition) is 6. The van der Waals surface area contributed by atoms with Gasteiger partial charge in [-0.05, 0) is 30.3 Å². The highest BCUT2D eigenvalue weighted by Crippen LogP contribution is 2.29. The number of hydrogen-bond donors (Lipinski definition) is 1. The van der Waals surface area contributed by atoms with E-state index in [-0.39, 0.29) is 33.4 Å². The van der Waals surface area contributed by atoms with Crippen LogP contribution in [0.3, 0.4) is 0 Å². The first-order chi connectivity index (χ1) is 14.2. The number of sulfonamides is 1. The van der Waals surface area contributed by atoms with Gasteiger partial charge in [-0.2, -0.15) is 4.31 Å². The van der Waals surface area contributed by atoms with Crippen molar-refractivity contribution in [2.75, 3.05) is 31.3 Å². The fourth-order valence-corrected chi connectivity index (χ4v) is 5.59. The van der Waals surface area contributed by atoms with E-state index >= 15 is 0 Å². The van der Waals surface area contributed by atoms with Crippen LogP contribution in [0.2, 0.25) is 0 Å². The number of methoxy groups -OCH3 is 1. The van der Waals surface area contributed by atoms with E-state index in [0.717, 1.165) is 0 Å². The molecule has 0 bridgehead atoms. The molecule has 2 aromatic carbocycles. The Morgan fingerprint density at radius 3 is 2.17 bits per heavy atom. The van der Waals surface area contributed by atoms with Crippen LogP contribution in [0.5, 0.6) is 5.75 Å². The Balaban J connectivity index is 2.20. The fraction of sp³-hybridized carbons (Fsp3) is 0.350. The van der Waals surface area contributed by atoms with Gasteiger partial charge >= 0.3 is 0 Å². The lowest BCUT2D eigenvalue weighted by molar-refractivity contribution is -0.115. The zero-order valence-electron chi connectivity index (χ0n) is 17.2. The Morgan fingerprint density at radius 2 is 1.60 bits per heavy atom. The highest BCUT2D eigenvalue weighted by Gasteiger charge is 2.23. The lowest BCUT2D eigenvalue weighted by atomic mass is 10.3. The van der Waals surface area contributed by atoms with Crippen molar-refractivity contribution in [3.05, 3.63) is 48.5 Å². The van der Waals surface area contributed by atoms with Crippen molar-refractivity contribution in [2.24, 2.45) is 0 Å². The molecular weight excluding hydrogens is 428 g/mol. The molecule has 1 amide bonds. The van der Waals surface area contributed by atoms with Crippen LogP contribution < -0.4 is 10.1 Å². The summed E-state index contributed by atoms with van der Waals surface area (Å²) in [7, 11) is -5.94. The maximum absolute atomic E-state index is 12.7. The van der Waals surface area contributed by atoms with Crippen LogP contribution in [0, 0.1) is 0 Å². The molecule has 0 fully saturated rings. The van der Waals surface area contributed by atoms with E-state index < -0.39 is 25.8 Å². The van der Waals surface area contributed by atoms with E-state index in [2.05, 4.69) is 5.32 Å². The average molecular weight is 455 g/mol. The zero-order valence-corrected chi connectivity index (χ0v) is 18.8. The molecule has 2 rings (SSSR count). The summed E-state index contributed by atoms with van der Waals surface area (Å²) in [6.07, 6.45) is -0.284. The third-order valence-corrected chi connectivity index (χ3v) is 8.27. The summed E-state index contributed by atoms with van der Waals surface area (Å²) in [6, 6.07) is 12.0. The molecule has 10 heteroatoms. The first-order valence-electron chi connectivity index (χ1n) is 9.41. The molecule has 0 unspecified atom stereocenters. The first kappa shape index (κ1) is 23.8. The molecule has 0 aliphatic carbocycles. The largest absolute Gasteiger partial charge is 0.495 e. The molecule has 164 valence electrons. The van der Waals surface area contributed by atoms with Gasteiger partial charge in [0.25, 0.3) is 0 Å². The number of amides is 1. The number of benzene rings is 2. The summed E-state index contributed by atoms with van der Waals surface area (Å²) in [5, 5.41) is 2.56. The Kier molecular flexibility index (Phi) is 7.99. The topological polar surface area (TPSA) is 110 Å². The van der Waals surface area contributed by atoms with E-state index in [1.165, 1.54) is 41.7 Å². The second kappa shape index (κ2) is 10.1. The highest BCUT2D eigenvalue weighted by molar-refractivity contribution is 7.91. The van der Waals surface area contributed by atoms with Gasteiger partial charge in [-0.3, -0.25) is 4.79 Å². The third-order valence-electron chi connectivity index (χ3n) is 4.49. The smallest absolute Gasteiger partial charge is 0.243 e. The number of nitrogens with zero attached hydrogens (tertiary/aromatic N) is 1. The van der Waals surface area contributed by atoms with E-state index in [9.17, 15) is 21.6 Å². The lowest BCUT2D eigenvalue weighted by Crippen LogP contribution is -2.30. The average Bonchev–Trinajstić information content (AvgIpc) is 2.73. The van der Waals surface area contributed by atoms with Crippen molar-refractivity contribution in [1.29, 1.82) is 0 Å². The van der Waals surface area contributed by atoms with E-state index in [1.807, 2.05) is 0 Å². The standard InChI is InChI=1S/C20H26N2O6S2/c1-4-22(5-2)30(26,27)17-11-12-19(28-3)18(15-17)21-20(23)13-14-29(24,25)16-9-7-6-8-10-16/h6-12,15H,4-5,13-14H2,1-3H3,(H,21,23). The maximum atomic E-state index is 12.7. The molecule has 0 saturated heterocycles. The van der Waals surface area contributed by atoms with Gasteiger partial charge < -0.3 is 10.1 Å². The summed E-state index contributed by atoms with van der Waals surface area (Å²) >= 11 is 0. The molecule has 1 N–H and O–H groups in total. The lowest BCUT2D eigenvalue weighted by Gasteiger charge is -2.19. The fourth-order valence-electron chi connectivity index (χ4n) is 2.84. The van der Waals surface area contributed by atoms with Crippen LogP contribution in [0.15, 0.2) is 58.3 Å². The Hall–Kier alpha value is -2.43. The maximum Gasteiger partial charge on any atom is 0.243 e. The summed E-state index contributed by atoms with van der Waals surface area (Å²) in [5.74, 6) is -0.666. The summed E-state index contributed by atoms with van der Waals surface area (Å²) in [6.45, 7) is 4.09. The molecule has 0 saturated carbocycles. The molecule has 0 heterocycles. The molecule has 0 aromatic heterocycles. The van der Waals surface area contributed by atoms with Crippen molar-refractivity contribution in [2.45, 2.75) is 30.1 Å². The zero-order chi connectivity index (χ0) is 22.4. The number of ether oxygens (including phenoxy) is 1. The third kappa shape index (κ3) is 5.59. The summed E-state index contributed by atoms with van der Waals surface area (Å²) in [5.41, 5.74) is 0.160. The van der Waals surface area contributed by atoms with Crippen LogP contribution in [-0.4, -0.2) is 53.0 Å². The second-order valence-electron chi connectivity index (χ2n) is 6.38. The molecule has 0 radical (unpaired) electrons. The van der Waals surface area contributed by atoms with Gasteiger partial charge in [-0.1, -0.05) is 32.0 Å². The number of sulfone groups is 1. The van der Waals surface area contributed by atoms with Gasteiger partial charge in [0.05, 0.1) is 28.3 Å². The van der Waals surface area contributed by atoms with Gasteiger partial charge in [0.15, 0.2) is 9.84 Å². The first-order valence-corrected chi connectivity index (χ1v) is 12.5. The van der Waals surface area contributed by atoms with Crippen LogP contribution in [0.1, 0.15) is 20.3 Å². The minimum atomic E-state index is -3.73. The van der Waals surface area contributed by atoms with Crippen molar-refractivity contribution in [1.82, 2.24) is 4.31 Å². The normalized spacial score (nSPS) is 12.0. The van der Waals surface area contributed by atoms with Crippen molar-refractivity contribution >= 4 is 31.5 Å². The minimum absolute atomic E-state index is 0.0132. The predicted octanol–water partition coefficient (Wildman–Crippen LogP) is 2.53. The number of carbonyl (C=O) groups excluding carboxylic acids is 1. The monoisotopic (exact) mass is 454 g/mol. The van der Waals surface area contributed by atoms with Gasteiger partial charge in [-0.25, -0.2) is 16.8 Å². The number of anilines is 1. The quantitative estimate of drug-likeness (QED) is 0.591. The molecule has 0 spiro atoms. The van der Waals surface area contributed by atoms with Crippen LogP contribution in [-0.2, 0) is 24.7 Å². The molecule has 30 heavy (non-hydrogen) atoms. The molecule has 0 atom stereocenters. The van der Waals surface area contributed by atoms with E-state index in [4.69, 9.17) is 4.74 Å². The highest BCUT2D eigenvalue weighted by atomic mass is 32.2. The minimum Gasteiger partial charge on any atom is -0.495 e. The molecule has 2 aromatic rings. The van der Waals surface area contributed by atoms with Crippen molar-refractivity contribution in [3.8, 4) is 5.75 Å². The number of carbonyl (C=O) groups is 1. The van der Waals surface area contributed by atoms with Crippen LogP contribution in [0.4, 0.5) is 5.69 Å². The van der Waals surface area contributed by atoms with Crippen LogP contribution in [0.25, 0.3) is 0 Å². The van der Waals surface area contributed by atoms with Gasteiger partial charge in [0, 0.05) is 19.5 Å². The van der Waals surface area contributed by atoms with Gasteiger partial charge in [0.1, 0.15) is 5.75 Å². The molecule has 8 nitrogen and oxygen atoms in total. The number of rotatable bonds is 10. The van der Waals surface area contributed by atoms with Crippen molar-refractivity contribution in [3.63, 3.8) is 0 Å². The van der Waals surface area contributed by atoms with E-state index in [1.54, 1.807) is 32.0 Å². The molecule has 0 aliphatic heterocycles. The molecular formula is C20H26N2O6S2. The Labute approximate surface area is 177 Å². The summed E-state index contributed by atoms with van der Waals surface area (Å²) in [4.78, 5) is 12.5. The second-order valence-corrected chi connectivity index (χ2v) is 10.4. The Bertz CT molecular complexity index is 1080. The van der Waals surface area contributed by atoms with Crippen molar-refractivity contribution < 1.29 is 26.4 Å². The van der Waals surface area contributed by atoms with Crippen LogP contribution >= 0.6 is 0 Å². The Morgan fingerprint density at radius 1 is 0.967 bits per heavy atom. The van der Waals surface area contributed by atoms with Gasteiger partial charge in [0.2, 0.25) is 15.9 Å². The van der Waals surface area contributed by atoms with E-state index in [0.29, 0.717) is 13.1 Å². The number of nitrogens with one attached hydrogen (secondary N) is 1. The summed E-state index contributed by atoms with van der Waals surface area (Å²) < 4.78 is 56.7. The van der Waals surface area contributed by atoms with Gasteiger partial charge in [-0.15, -0.1) is 0 Å². The SMILES string of the molecule is CCN(CC)S(=O)(=O)c1ccc(OC)c(NC(=O)CCS(=O)(=O)c2ccccc2)c1. The molecule has 0 aliphatic rings. The predicted molar refractivity (Wildman–Crippen MR) is 115 cm³/mol.